The maximum atomic E-state index is 12.7. The molecule has 0 bridgehead atoms. The molecular formula is C19H24N4OS. The van der Waals surface area contributed by atoms with Crippen LogP contribution in [0, 0.1) is 11.8 Å². The summed E-state index contributed by atoms with van der Waals surface area (Å²) in [7, 11) is 0. The SMILES string of the molecule is O=C(N[C@H](c1nccs1)[C@@H]1CCCN(CC2CC2)C1)c1ccccn1. The largest absolute Gasteiger partial charge is 0.341 e. The van der Waals surface area contributed by atoms with E-state index in [1.165, 1.54) is 32.4 Å². The van der Waals surface area contributed by atoms with Gasteiger partial charge in [-0.25, -0.2) is 4.98 Å². The van der Waals surface area contributed by atoms with Crippen LogP contribution in [0.1, 0.15) is 47.2 Å². The van der Waals surface area contributed by atoms with Gasteiger partial charge in [-0.3, -0.25) is 9.78 Å². The number of rotatable bonds is 6. The molecule has 1 aliphatic heterocycles. The van der Waals surface area contributed by atoms with Crippen LogP contribution in [0.25, 0.3) is 0 Å². The lowest BCUT2D eigenvalue weighted by Crippen LogP contribution is -2.43. The van der Waals surface area contributed by atoms with Crippen molar-refractivity contribution in [2.24, 2.45) is 11.8 Å². The summed E-state index contributed by atoms with van der Waals surface area (Å²) in [6.07, 6.45) is 8.57. The zero-order valence-electron chi connectivity index (χ0n) is 14.3. The second-order valence-electron chi connectivity index (χ2n) is 7.14. The van der Waals surface area contributed by atoms with Gasteiger partial charge in [-0.1, -0.05) is 6.07 Å². The first kappa shape index (κ1) is 16.7. The quantitative estimate of drug-likeness (QED) is 0.864. The standard InChI is InChI=1S/C19H24N4OS/c24-18(16-5-1-2-8-20-16)22-17(19-21-9-11-25-19)15-4-3-10-23(13-15)12-14-6-7-14/h1-2,5,8-9,11,14-15,17H,3-4,6-7,10,12-13H2,(H,22,24)/t15-,17+/m1/s1. The Morgan fingerprint density at radius 2 is 2.20 bits per heavy atom. The number of pyridine rings is 1. The number of hydrogen-bond donors (Lipinski definition) is 1. The molecule has 0 spiro atoms. The van der Waals surface area contributed by atoms with E-state index in [2.05, 4.69) is 20.2 Å². The molecule has 2 aromatic rings. The molecule has 1 N–H and O–H groups in total. The molecule has 2 aromatic heterocycles. The number of piperidine rings is 1. The molecule has 1 amide bonds. The minimum absolute atomic E-state index is 0.0310. The maximum Gasteiger partial charge on any atom is 0.270 e. The summed E-state index contributed by atoms with van der Waals surface area (Å²) in [6, 6.07) is 5.40. The topological polar surface area (TPSA) is 58.1 Å². The first-order chi connectivity index (χ1) is 12.3. The predicted octanol–water partition coefficient (Wildman–Crippen LogP) is 3.13. The van der Waals surface area contributed by atoms with Crippen LogP contribution in [0.15, 0.2) is 36.0 Å². The van der Waals surface area contributed by atoms with E-state index in [1.54, 1.807) is 23.6 Å². The smallest absolute Gasteiger partial charge is 0.270 e. The van der Waals surface area contributed by atoms with Gasteiger partial charge in [0.25, 0.3) is 5.91 Å². The molecule has 3 heterocycles. The molecule has 2 atom stereocenters. The van der Waals surface area contributed by atoms with Gasteiger partial charge in [-0.05, 0) is 56.2 Å². The zero-order chi connectivity index (χ0) is 17.1. The third-order valence-corrected chi connectivity index (χ3v) is 5.99. The number of aromatic nitrogens is 2. The molecule has 1 saturated carbocycles. The van der Waals surface area contributed by atoms with Gasteiger partial charge < -0.3 is 10.2 Å². The number of nitrogens with zero attached hydrogens (tertiary/aromatic N) is 3. The molecule has 4 rings (SSSR count). The van der Waals surface area contributed by atoms with E-state index in [1.807, 2.05) is 23.7 Å². The molecule has 6 heteroatoms. The van der Waals surface area contributed by atoms with E-state index in [0.717, 1.165) is 23.9 Å². The first-order valence-corrected chi connectivity index (χ1v) is 10.0. The van der Waals surface area contributed by atoms with E-state index in [4.69, 9.17) is 0 Å². The van der Waals surface area contributed by atoms with Crippen LogP contribution >= 0.6 is 11.3 Å². The third-order valence-electron chi connectivity index (χ3n) is 5.13. The molecule has 2 fully saturated rings. The van der Waals surface area contributed by atoms with Crippen molar-refractivity contribution in [2.45, 2.75) is 31.7 Å². The molecule has 0 unspecified atom stereocenters. The lowest BCUT2D eigenvalue weighted by atomic mass is 9.90. The van der Waals surface area contributed by atoms with E-state index in [9.17, 15) is 4.79 Å². The second kappa shape index (κ2) is 7.62. The van der Waals surface area contributed by atoms with Gasteiger partial charge in [0.2, 0.25) is 0 Å². The Hall–Kier alpha value is -1.79. The molecule has 2 aliphatic rings. The van der Waals surface area contributed by atoms with Crippen molar-refractivity contribution >= 4 is 17.2 Å². The van der Waals surface area contributed by atoms with Gasteiger partial charge in [-0.2, -0.15) is 0 Å². The molecule has 1 aliphatic carbocycles. The molecular weight excluding hydrogens is 332 g/mol. The van der Waals surface area contributed by atoms with Gasteiger partial charge in [0, 0.05) is 30.9 Å². The van der Waals surface area contributed by atoms with Crippen molar-refractivity contribution in [1.82, 2.24) is 20.2 Å². The summed E-state index contributed by atoms with van der Waals surface area (Å²) in [5.74, 6) is 1.20. The van der Waals surface area contributed by atoms with Crippen LogP contribution in [0.5, 0.6) is 0 Å². The van der Waals surface area contributed by atoms with Crippen LogP contribution in [0.4, 0.5) is 0 Å². The highest BCUT2D eigenvalue weighted by Gasteiger charge is 2.33. The van der Waals surface area contributed by atoms with Gasteiger partial charge in [0.05, 0.1) is 6.04 Å². The van der Waals surface area contributed by atoms with Crippen molar-refractivity contribution in [1.29, 1.82) is 0 Å². The number of nitrogens with one attached hydrogen (secondary N) is 1. The normalized spacial score (nSPS) is 22.5. The number of thiazole rings is 1. The molecule has 0 radical (unpaired) electrons. The van der Waals surface area contributed by atoms with Crippen LogP contribution in [-0.4, -0.2) is 40.4 Å². The molecule has 1 saturated heterocycles. The van der Waals surface area contributed by atoms with E-state index >= 15 is 0 Å². The summed E-state index contributed by atoms with van der Waals surface area (Å²) in [4.78, 5) is 23.9. The minimum Gasteiger partial charge on any atom is -0.341 e. The fourth-order valence-corrected chi connectivity index (χ4v) is 4.46. The number of likely N-dealkylation sites (tertiary alicyclic amines) is 1. The van der Waals surface area contributed by atoms with Crippen LogP contribution in [-0.2, 0) is 0 Å². The van der Waals surface area contributed by atoms with Crippen molar-refractivity contribution in [2.75, 3.05) is 19.6 Å². The Labute approximate surface area is 152 Å². The number of hydrogen-bond acceptors (Lipinski definition) is 5. The second-order valence-corrected chi connectivity index (χ2v) is 8.07. The van der Waals surface area contributed by atoms with Gasteiger partial charge in [-0.15, -0.1) is 11.3 Å². The van der Waals surface area contributed by atoms with Gasteiger partial charge in [0.15, 0.2) is 0 Å². The van der Waals surface area contributed by atoms with E-state index in [-0.39, 0.29) is 11.9 Å². The number of carbonyl (C=O) groups is 1. The summed E-state index contributed by atoms with van der Waals surface area (Å²) in [5, 5.41) is 6.20. The fraction of sp³-hybridized carbons (Fsp3) is 0.526. The first-order valence-electron chi connectivity index (χ1n) is 9.13. The van der Waals surface area contributed by atoms with Crippen molar-refractivity contribution in [3.63, 3.8) is 0 Å². The maximum absolute atomic E-state index is 12.7. The Balaban J connectivity index is 1.49. The van der Waals surface area contributed by atoms with Crippen molar-refractivity contribution in [3.8, 4) is 0 Å². The molecule has 25 heavy (non-hydrogen) atoms. The predicted molar refractivity (Wildman–Crippen MR) is 98.4 cm³/mol. The third kappa shape index (κ3) is 4.25. The molecule has 0 aromatic carbocycles. The van der Waals surface area contributed by atoms with Crippen LogP contribution in [0.3, 0.4) is 0 Å². The van der Waals surface area contributed by atoms with Crippen LogP contribution in [0.2, 0.25) is 0 Å². The summed E-state index contributed by atoms with van der Waals surface area (Å²) in [6.45, 7) is 3.45. The highest BCUT2D eigenvalue weighted by molar-refractivity contribution is 7.09. The van der Waals surface area contributed by atoms with Crippen molar-refractivity contribution in [3.05, 3.63) is 46.7 Å². The lowest BCUT2D eigenvalue weighted by Gasteiger charge is -2.36. The summed E-state index contributed by atoms with van der Waals surface area (Å²) in [5.41, 5.74) is 0.467. The average molecular weight is 356 g/mol. The Morgan fingerprint density at radius 3 is 2.92 bits per heavy atom. The molecule has 5 nitrogen and oxygen atoms in total. The van der Waals surface area contributed by atoms with Crippen LogP contribution < -0.4 is 5.32 Å². The van der Waals surface area contributed by atoms with Gasteiger partial charge in [0.1, 0.15) is 10.7 Å². The number of carbonyl (C=O) groups excluding carboxylic acids is 1. The summed E-state index contributed by atoms with van der Waals surface area (Å²) < 4.78 is 0. The highest BCUT2D eigenvalue weighted by atomic mass is 32.1. The zero-order valence-corrected chi connectivity index (χ0v) is 15.1. The lowest BCUT2D eigenvalue weighted by molar-refractivity contribution is 0.0875. The Kier molecular flexibility index (Phi) is 5.08. The Morgan fingerprint density at radius 1 is 1.28 bits per heavy atom. The summed E-state index contributed by atoms with van der Waals surface area (Å²) >= 11 is 1.62. The van der Waals surface area contributed by atoms with E-state index < -0.39 is 0 Å². The molecule has 132 valence electrons. The number of amides is 1. The fourth-order valence-electron chi connectivity index (χ4n) is 3.68. The van der Waals surface area contributed by atoms with Crippen molar-refractivity contribution < 1.29 is 4.79 Å². The van der Waals surface area contributed by atoms with Gasteiger partial charge >= 0.3 is 0 Å². The monoisotopic (exact) mass is 356 g/mol. The average Bonchev–Trinajstić information content (AvgIpc) is 3.30. The highest BCUT2D eigenvalue weighted by Crippen LogP contribution is 2.34. The van der Waals surface area contributed by atoms with E-state index in [0.29, 0.717) is 11.6 Å². The minimum atomic E-state index is -0.111. The Bertz CT molecular complexity index is 687.